The average Bonchev–Trinajstić information content (AvgIpc) is 2.65. The molecule has 0 nitrogen and oxygen atoms in total. The van der Waals surface area contributed by atoms with Crippen molar-refractivity contribution in [2.75, 3.05) is 0 Å². The zero-order chi connectivity index (χ0) is 19.6. The number of hydrogen-bond donors (Lipinski definition) is 0. The summed E-state index contributed by atoms with van der Waals surface area (Å²) in [5.41, 5.74) is 1.99. The van der Waals surface area contributed by atoms with Gasteiger partial charge in [-0.3, -0.25) is 0 Å². The third-order valence-electron chi connectivity index (χ3n) is 5.85. The summed E-state index contributed by atoms with van der Waals surface area (Å²) in [5.74, 6) is -5.00. The summed E-state index contributed by atoms with van der Waals surface area (Å²) in [6, 6.07) is 10.2. The van der Waals surface area contributed by atoms with Crippen molar-refractivity contribution in [2.45, 2.75) is 64.2 Å². The van der Waals surface area contributed by atoms with Gasteiger partial charge in [0.15, 0.2) is 11.6 Å². The highest BCUT2D eigenvalue weighted by Gasteiger charge is 2.44. The van der Waals surface area contributed by atoms with Crippen LogP contribution in [0.2, 0.25) is 0 Å². The van der Waals surface area contributed by atoms with Crippen LogP contribution in [0.1, 0.15) is 63.0 Å². The quantitative estimate of drug-likeness (QED) is 0.472. The van der Waals surface area contributed by atoms with Gasteiger partial charge in [-0.2, -0.15) is 0 Å². The Labute approximate surface area is 158 Å². The van der Waals surface area contributed by atoms with E-state index in [0.29, 0.717) is 30.4 Å². The number of halogens is 4. The number of alkyl halides is 2. The first-order valence-corrected chi connectivity index (χ1v) is 9.82. The molecule has 0 bridgehead atoms. The van der Waals surface area contributed by atoms with Crippen molar-refractivity contribution in [3.63, 3.8) is 0 Å². The second kappa shape index (κ2) is 8.04. The van der Waals surface area contributed by atoms with Gasteiger partial charge in [0.1, 0.15) is 0 Å². The number of hydrogen-bond acceptors (Lipinski definition) is 0. The first-order chi connectivity index (χ1) is 12.9. The van der Waals surface area contributed by atoms with Crippen molar-refractivity contribution in [3.8, 4) is 11.1 Å². The van der Waals surface area contributed by atoms with E-state index in [2.05, 4.69) is 0 Å². The van der Waals surface area contributed by atoms with Gasteiger partial charge in [-0.05, 0) is 48.3 Å². The summed E-state index contributed by atoms with van der Waals surface area (Å²) in [4.78, 5) is 0. The van der Waals surface area contributed by atoms with E-state index in [9.17, 15) is 17.6 Å². The highest BCUT2D eigenvalue weighted by atomic mass is 19.3. The van der Waals surface area contributed by atoms with E-state index in [1.807, 2.05) is 13.8 Å². The zero-order valence-corrected chi connectivity index (χ0v) is 15.9. The van der Waals surface area contributed by atoms with Gasteiger partial charge < -0.3 is 0 Å². The van der Waals surface area contributed by atoms with Crippen LogP contribution in [-0.4, -0.2) is 5.92 Å². The molecule has 0 saturated heterocycles. The maximum atomic E-state index is 14.4. The maximum Gasteiger partial charge on any atom is 0.251 e. The lowest BCUT2D eigenvalue weighted by Crippen LogP contribution is -2.34. The SMILES string of the molecule is CCCc1ccc(-c2ccc(C3CCC(CC)C(F)(F)C3)cc2)c(F)c1F. The lowest BCUT2D eigenvalue weighted by Gasteiger charge is -2.35. The van der Waals surface area contributed by atoms with Crippen molar-refractivity contribution in [1.82, 2.24) is 0 Å². The Kier molecular flexibility index (Phi) is 5.92. The first kappa shape index (κ1) is 19.9. The molecule has 3 rings (SSSR count). The Bertz CT molecular complexity index is 780. The predicted octanol–water partition coefficient (Wildman–Crippen LogP) is 7.51. The van der Waals surface area contributed by atoms with Crippen molar-refractivity contribution >= 4 is 0 Å². The molecule has 27 heavy (non-hydrogen) atoms. The molecule has 1 aliphatic rings. The molecule has 0 spiro atoms. The minimum absolute atomic E-state index is 0.139. The molecule has 0 radical (unpaired) electrons. The lowest BCUT2D eigenvalue weighted by molar-refractivity contribution is -0.0927. The number of aryl methyl sites for hydroxylation is 1. The Morgan fingerprint density at radius 1 is 0.926 bits per heavy atom. The van der Waals surface area contributed by atoms with Crippen LogP contribution in [0.3, 0.4) is 0 Å². The fourth-order valence-corrected chi connectivity index (χ4v) is 4.21. The molecule has 0 aromatic heterocycles. The molecule has 4 heteroatoms. The molecular formula is C23H26F4. The summed E-state index contributed by atoms with van der Waals surface area (Å²) in [6.45, 7) is 3.73. The van der Waals surface area contributed by atoms with Crippen LogP contribution >= 0.6 is 0 Å². The van der Waals surface area contributed by atoms with Crippen molar-refractivity contribution < 1.29 is 17.6 Å². The van der Waals surface area contributed by atoms with E-state index in [0.717, 1.165) is 18.4 Å². The predicted molar refractivity (Wildman–Crippen MR) is 101 cm³/mol. The summed E-state index contributed by atoms with van der Waals surface area (Å²) in [7, 11) is 0. The molecule has 146 valence electrons. The van der Waals surface area contributed by atoms with Crippen molar-refractivity contribution in [3.05, 3.63) is 59.2 Å². The van der Waals surface area contributed by atoms with Gasteiger partial charge >= 0.3 is 0 Å². The van der Waals surface area contributed by atoms with Crippen LogP contribution in [0.5, 0.6) is 0 Å². The molecule has 0 amide bonds. The molecule has 1 saturated carbocycles. The van der Waals surface area contributed by atoms with E-state index in [1.165, 1.54) is 0 Å². The Morgan fingerprint density at radius 3 is 2.22 bits per heavy atom. The van der Waals surface area contributed by atoms with Gasteiger partial charge in [-0.15, -0.1) is 0 Å². The van der Waals surface area contributed by atoms with Crippen LogP contribution in [0, 0.1) is 17.6 Å². The van der Waals surface area contributed by atoms with E-state index in [4.69, 9.17) is 0 Å². The highest BCUT2D eigenvalue weighted by Crippen LogP contribution is 2.46. The van der Waals surface area contributed by atoms with Crippen LogP contribution in [-0.2, 0) is 6.42 Å². The second-order valence-corrected chi connectivity index (χ2v) is 7.62. The van der Waals surface area contributed by atoms with Crippen LogP contribution in [0.4, 0.5) is 17.6 Å². The highest BCUT2D eigenvalue weighted by molar-refractivity contribution is 5.65. The normalized spacial score (nSPS) is 22.0. The van der Waals surface area contributed by atoms with Crippen LogP contribution in [0.25, 0.3) is 11.1 Å². The maximum absolute atomic E-state index is 14.4. The Morgan fingerprint density at radius 2 is 1.63 bits per heavy atom. The molecule has 1 fully saturated rings. The molecule has 2 atom stereocenters. The third-order valence-corrected chi connectivity index (χ3v) is 5.85. The molecule has 0 heterocycles. The van der Waals surface area contributed by atoms with E-state index >= 15 is 0 Å². The van der Waals surface area contributed by atoms with Crippen LogP contribution < -0.4 is 0 Å². The van der Waals surface area contributed by atoms with Gasteiger partial charge in [0, 0.05) is 17.9 Å². The molecule has 1 aliphatic carbocycles. The van der Waals surface area contributed by atoms with Crippen molar-refractivity contribution in [1.29, 1.82) is 0 Å². The van der Waals surface area contributed by atoms with E-state index in [1.54, 1.807) is 36.4 Å². The number of rotatable bonds is 5. The minimum Gasteiger partial charge on any atom is -0.207 e. The Hall–Kier alpha value is -1.84. The summed E-state index contributed by atoms with van der Waals surface area (Å²) in [5, 5.41) is 0. The topological polar surface area (TPSA) is 0 Å². The van der Waals surface area contributed by atoms with Gasteiger partial charge in [-0.1, -0.05) is 56.7 Å². The standard InChI is InChI=1S/C23H26F4/c1-3-5-17-11-13-20(22(25)21(17)24)16-8-6-15(7-9-16)18-10-12-19(4-2)23(26,27)14-18/h6-9,11,13,18-19H,3-5,10,12,14H2,1-2H3. The monoisotopic (exact) mass is 378 g/mol. The minimum atomic E-state index is -2.64. The second-order valence-electron chi connectivity index (χ2n) is 7.62. The molecule has 2 aromatic carbocycles. The molecule has 2 unspecified atom stereocenters. The Balaban J connectivity index is 1.81. The van der Waals surface area contributed by atoms with Crippen LogP contribution in [0.15, 0.2) is 36.4 Å². The zero-order valence-electron chi connectivity index (χ0n) is 15.9. The smallest absolute Gasteiger partial charge is 0.207 e. The first-order valence-electron chi connectivity index (χ1n) is 9.82. The fraction of sp³-hybridized carbons (Fsp3) is 0.478. The lowest BCUT2D eigenvalue weighted by atomic mass is 9.75. The largest absolute Gasteiger partial charge is 0.251 e. The van der Waals surface area contributed by atoms with Gasteiger partial charge in [0.2, 0.25) is 0 Å². The van der Waals surface area contributed by atoms with Gasteiger partial charge in [0.05, 0.1) is 0 Å². The summed E-state index contributed by atoms with van der Waals surface area (Å²) >= 11 is 0. The number of benzene rings is 2. The van der Waals surface area contributed by atoms with Gasteiger partial charge in [0.25, 0.3) is 5.92 Å². The van der Waals surface area contributed by atoms with Crippen molar-refractivity contribution in [2.24, 2.45) is 5.92 Å². The average molecular weight is 378 g/mol. The molecule has 0 aliphatic heterocycles. The molecule has 2 aromatic rings. The third kappa shape index (κ3) is 4.04. The van der Waals surface area contributed by atoms with E-state index < -0.39 is 23.5 Å². The van der Waals surface area contributed by atoms with E-state index in [-0.39, 0.29) is 17.9 Å². The fourth-order valence-electron chi connectivity index (χ4n) is 4.21. The summed E-state index contributed by atoms with van der Waals surface area (Å²) in [6.07, 6.45) is 2.86. The molecular weight excluding hydrogens is 352 g/mol. The van der Waals surface area contributed by atoms with Gasteiger partial charge in [-0.25, -0.2) is 17.6 Å². The summed E-state index contributed by atoms with van der Waals surface area (Å²) < 4.78 is 57.1. The molecule has 0 N–H and O–H groups in total.